The molecule has 0 aliphatic heterocycles. The smallest absolute Gasteiger partial charge is 0.212 e. The minimum absolute atomic E-state index is 0.364. The third-order valence-corrected chi connectivity index (χ3v) is 13.7. The summed E-state index contributed by atoms with van der Waals surface area (Å²) in [7, 11) is 0. The van der Waals surface area contributed by atoms with Crippen molar-refractivity contribution in [3.8, 4) is 50.8 Å². The largest absolute Gasteiger partial charge is 0.456 e. The Bertz CT molecular complexity index is 4230. The number of para-hydroxylation sites is 2. The van der Waals surface area contributed by atoms with Gasteiger partial charge >= 0.3 is 0 Å². The van der Waals surface area contributed by atoms with Gasteiger partial charge in [0.05, 0.1) is 45.6 Å². The van der Waals surface area contributed by atoms with E-state index in [1.807, 2.05) is 66.7 Å². The Labute approximate surface area is 388 Å². The van der Waals surface area contributed by atoms with Crippen LogP contribution in [-0.2, 0) is 0 Å². The van der Waals surface area contributed by atoms with Crippen LogP contribution < -0.4 is 0 Å². The molecule has 14 aromatic rings. The molecule has 0 radical (unpaired) electrons. The lowest BCUT2D eigenvalue weighted by molar-refractivity contribution is 0.669. The maximum absolute atomic E-state index is 11.4. The molecule has 0 aliphatic rings. The van der Waals surface area contributed by atoms with Crippen LogP contribution in [0.1, 0.15) is 5.56 Å². The first-order chi connectivity index (χ1) is 33.6. The molecule has 314 valence electrons. The highest BCUT2D eigenvalue weighted by molar-refractivity contribution is 6.20. The molecule has 0 fully saturated rings. The summed E-state index contributed by atoms with van der Waals surface area (Å²) in [6, 6.07) is 73.6. The van der Waals surface area contributed by atoms with Crippen LogP contribution in [0.5, 0.6) is 0 Å². The maximum atomic E-state index is 11.4. The standard InChI is InChI=1S/C62H34N4O2/c1-64-51-31-42(36-63)61(65-52-27-25-40(37-15-5-2-6-16-37)29-45(52)47-34-58-49(32-54(47)65)43-21-11-13-23-56(43)67-58)60(39-19-9-4-10-20-39)62(51)66-53-28-26-41(38-17-7-3-8-18-38)30-46(53)48-35-59-50(33-55(48)66)44-22-12-14-24-57(44)68-59/h2-35H. The first-order valence-corrected chi connectivity index (χ1v) is 22.6. The highest BCUT2D eigenvalue weighted by atomic mass is 16.3. The third-order valence-electron chi connectivity index (χ3n) is 13.7. The molecule has 0 saturated heterocycles. The van der Waals surface area contributed by atoms with Gasteiger partial charge in [-0.05, 0) is 94.5 Å². The number of fused-ring (bicyclic) bond motifs is 12. The van der Waals surface area contributed by atoms with Crippen molar-refractivity contribution in [2.45, 2.75) is 0 Å². The van der Waals surface area contributed by atoms with Crippen LogP contribution in [0.4, 0.5) is 5.69 Å². The Morgan fingerprint density at radius 2 is 0.809 bits per heavy atom. The summed E-state index contributed by atoms with van der Waals surface area (Å²) in [5.74, 6) is 0. The zero-order valence-electron chi connectivity index (χ0n) is 36.2. The Kier molecular flexibility index (Phi) is 8.01. The SMILES string of the molecule is [C-]#[N+]c1cc(C#N)c(-n2c3ccc(-c4ccccc4)cc3c3cc4oc5ccccc5c4cc32)c(-c2ccccc2)c1-n1c2ccc(-c3ccccc3)cc2c2cc3oc4ccccc4c3cc21. The molecule has 14 rings (SSSR count). The second-order valence-electron chi connectivity index (χ2n) is 17.4. The second-order valence-corrected chi connectivity index (χ2v) is 17.4. The van der Waals surface area contributed by atoms with Gasteiger partial charge in [-0.2, -0.15) is 5.26 Å². The first kappa shape index (κ1) is 37.7. The van der Waals surface area contributed by atoms with Crippen molar-refractivity contribution in [3.63, 3.8) is 0 Å². The molecule has 0 atom stereocenters. The van der Waals surface area contributed by atoms with Crippen molar-refractivity contribution in [2.75, 3.05) is 0 Å². The van der Waals surface area contributed by atoms with Crippen LogP contribution in [-0.4, -0.2) is 9.13 Å². The number of hydrogen-bond acceptors (Lipinski definition) is 3. The molecule has 0 unspecified atom stereocenters. The van der Waals surface area contributed by atoms with Crippen molar-refractivity contribution in [1.82, 2.24) is 9.13 Å². The topological polar surface area (TPSA) is 64.3 Å². The van der Waals surface area contributed by atoms with Gasteiger partial charge in [0.15, 0.2) is 0 Å². The molecule has 4 heterocycles. The summed E-state index contributed by atoms with van der Waals surface area (Å²) in [6.07, 6.45) is 0. The van der Waals surface area contributed by atoms with Gasteiger partial charge in [-0.1, -0.05) is 140 Å². The molecular weight excluding hydrogens is 833 g/mol. The summed E-state index contributed by atoms with van der Waals surface area (Å²) < 4.78 is 17.6. The average molecular weight is 867 g/mol. The molecule has 0 saturated carbocycles. The number of nitrogens with zero attached hydrogens (tertiary/aromatic N) is 4. The van der Waals surface area contributed by atoms with E-state index in [-0.39, 0.29) is 0 Å². The maximum Gasteiger partial charge on any atom is 0.212 e. The van der Waals surface area contributed by atoms with E-state index in [0.717, 1.165) is 121 Å². The van der Waals surface area contributed by atoms with Gasteiger partial charge in [0.2, 0.25) is 5.69 Å². The Morgan fingerprint density at radius 3 is 1.29 bits per heavy atom. The minimum Gasteiger partial charge on any atom is -0.456 e. The monoisotopic (exact) mass is 866 g/mol. The van der Waals surface area contributed by atoms with E-state index in [1.165, 1.54) is 0 Å². The van der Waals surface area contributed by atoms with Crippen molar-refractivity contribution in [3.05, 3.63) is 223 Å². The molecule has 68 heavy (non-hydrogen) atoms. The number of benzene rings is 10. The summed E-state index contributed by atoms with van der Waals surface area (Å²) in [5.41, 5.74) is 15.0. The van der Waals surface area contributed by atoms with Crippen LogP contribution in [0.3, 0.4) is 0 Å². The van der Waals surface area contributed by atoms with Crippen molar-refractivity contribution in [1.29, 1.82) is 5.26 Å². The first-order valence-electron chi connectivity index (χ1n) is 22.6. The molecule has 6 nitrogen and oxygen atoms in total. The molecule has 0 spiro atoms. The van der Waals surface area contributed by atoms with E-state index < -0.39 is 0 Å². The zero-order chi connectivity index (χ0) is 45.0. The highest BCUT2D eigenvalue weighted by Gasteiger charge is 2.29. The van der Waals surface area contributed by atoms with Gasteiger partial charge in [-0.25, -0.2) is 4.85 Å². The Hall–Kier alpha value is -9.62. The van der Waals surface area contributed by atoms with Crippen LogP contribution in [0.15, 0.2) is 215 Å². The molecule has 0 bridgehead atoms. The fraction of sp³-hybridized carbons (Fsp3) is 0. The van der Waals surface area contributed by atoms with E-state index in [2.05, 4.69) is 154 Å². The summed E-state index contributed by atoms with van der Waals surface area (Å²) >= 11 is 0. The van der Waals surface area contributed by atoms with E-state index in [1.54, 1.807) is 6.07 Å². The third kappa shape index (κ3) is 5.43. The van der Waals surface area contributed by atoms with E-state index in [0.29, 0.717) is 22.6 Å². The number of nitriles is 1. The molecule has 10 aromatic carbocycles. The minimum atomic E-state index is 0.364. The van der Waals surface area contributed by atoms with Crippen LogP contribution in [0.25, 0.3) is 137 Å². The van der Waals surface area contributed by atoms with Gasteiger partial charge in [0.25, 0.3) is 0 Å². The van der Waals surface area contributed by atoms with Gasteiger partial charge in [-0.3, -0.25) is 0 Å². The summed E-state index contributed by atoms with van der Waals surface area (Å²) in [5, 5.41) is 19.4. The Morgan fingerprint density at radius 1 is 0.368 bits per heavy atom. The van der Waals surface area contributed by atoms with Crippen molar-refractivity contribution in [2.24, 2.45) is 0 Å². The summed E-state index contributed by atoms with van der Waals surface area (Å²) in [4.78, 5) is 4.30. The molecule has 0 amide bonds. The van der Waals surface area contributed by atoms with Gasteiger partial charge in [0.1, 0.15) is 28.4 Å². The quantitative estimate of drug-likeness (QED) is 0.162. The van der Waals surface area contributed by atoms with Gasteiger partial charge < -0.3 is 18.0 Å². The van der Waals surface area contributed by atoms with Gasteiger partial charge in [0, 0.05) is 48.7 Å². The van der Waals surface area contributed by atoms with Crippen LogP contribution in [0, 0.1) is 17.9 Å². The lowest BCUT2D eigenvalue weighted by atomic mass is 9.95. The fourth-order valence-corrected chi connectivity index (χ4v) is 10.7. The second kappa shape index (κ2) is 14.4. The summed E-state index contributed by atoms with van der Waals surface area (Å²) in [6.45, 7) is 8.93. The van der Waals surface area contributed by atoms with E-state index >= 15 is 0 Å². The lowest BCUT2D eigenvalue weighted by Crippen LogP contribution is -2.06. The number of furan rings is 2. The van der Waals surface area contributed by atoms with Gasteiger partial charge in [-0.15, -0.1) is 0 Å². The zero-order valence-corrected chi connectivity index (χ0v) is 36.2. The predicted molar refractivity (Wildman–Crippen MR) is 277 cm³/mol. The molecule has 4 aromatic heterocycles. The van der Waals surface area contributed by atoms with Crippen LogP contribution >= 0.6 is 0 Å². The molecule has 6 heteroatoms. The number of aromatic nitrogens is 2. The Balaban J connectivity index is 1.17. The van der Waals surface area contributed by atoms with Crippen molar-refractivity contribution < 1.29 is 8.83 Å². The average Bonchev–Trinajstić information content (AvgIpc) is 4.14. The normalized spacial score (nSPS) is 11.8. The fourth-order valence-electron chi connectivity index (χ4n) is 10.7. The molecule has 0 N–H and O–H groups in total. The highest BCUT2D eigenvalue weighted by Crippen LogP contribution is 2.49. The predicted octanol–water partition coefficient (Wildman–Crippen LogP) is 17.1. The van der Waals surface area contributed by atoms with E-state index in [4.69, 9.17) is 15.4 Å². The van der Waals surface area contributed by atoms with E-state index in [9.17, 15) is 5.26 Å². The van der Waals surface area contributed by atoms with Crippen LogP contribution in [0.2, 0.25) is 0 Å². The molecule has 0 aliphatic carbocycles. The number of rotatable bonds is 5. The van der Waals surface area contributed by atoms with Crippen molar-refractivity contribution >= 4 is 93.2 Å². The lowest BCUT2D eigenvalue weighted by Gasteiger charge is -2.23. The number of hydrogen-bond donors (Lipinski definition) is 0. The molecular formula is C62H34N4O2.